The van der Waals surface area contributed by atoms with Crippen LogP contribution in [0.2, 0.25) is 0 Å². The number of aryl methyl sites for hydroxylation is 1. The number of anilines is 1. The first-order valence-corrected chi connectivity index (χ1v) is 23.0. The number of carbonyl (C=O) groups excluding carboxylic acids is 1. The number of aliphatic hydroxyl groups excluding tert-OH is 4. The van der Waals surface area contributed by atoms with Crippen LogP contribution in [0.5, 0.6) is 17.2 Å². The van der Waals surface area contributed by atoms with Gasteiger partial charge in [0, 0.05) is 54.4 Å². The number of ether oxygens (including phenoxy) is 1. The molecule has 1 aliphatic carbocycles. The van der Waals surface area contributed by atoms with Crippen LogP contribution in [-0.4, -0.2) is 109 Å². The van der Waals surface area contributed by atoms with Gasteiger partial charge in [-0.15, -0.1) is 0 Å². The maximum Gasteiger partial charge on any atom is 0.226 e. The Kier molecular flexibility index (Phi) is 12.3. The lowest BCUT2D eigenvalue weighted by molar-refractivity contribution is -0.371. The molecular formula is C50H59N3O13. The summed E-state index contributed by atoms with van der Waals surface area (Å²) in [5.74, 6) is 0.797. The fourth-order valence-electron chi connectivity index (χ4n) is 11.1. The molecule has 8 N–H and O–H groups in total. The lowest BCUT2D eigenvalue weighted by atomic mass is 9.65. The molecule has 66 heavy (non-hydrogen) atoms. The number of aromatic hydroxyl groups is 2. The third-order valence-electron chi connectivity index (χ3n) is 14.9. The fourth-order valence-corrected chi connectivity index (χ4v) is 11.1. The van der Waals surface area contributed by atoms with Gasteiger partial charge in [-0.1, -0.05) is 32.3 Å². The SMILES string of the molecule is CCC1C2=CC=NC2=CN1c1c2c(cc3c(=O)cc(C)oc13)C[C@@H](OOC[C@@](O)(Cc1ccc(O)c3ccc(O)cc13)[C@@H](O)[C@H](O)[C@H](O)CO)[C@@](C)(CC[C@@H]1CNC(=O)C13CCCCC3)O2. The zero-order valence-electron chi connectivity index (χ0n) is 37.4. The van der Waals surface area contributed by atoms with Crippen molar-refractivity contribution in [3.63, 3.8) is 0 Å². The summed E-state index contributed by atoms with van der Waals surface area (Å²) >= 11 is 0. The first-order valence-electron chi connectivity index (χ1n) is 23.0. The van der Waals surface area contributed by atoms with Gasteiger partial charge in [0.1, 0.15) is 65.2 Å². The Labute approximate surface area is 381 Å². The van der Waals surface area contributed by atoms with Crippen LogP contribution in [0.1, 0.15) is 82.1 Å². The van der Waals surface area contributed by atoms with E-state index in [0.717, 1.165) is 43.4 Å². The Morgan fingerprint density at radius 2 is 1.82 bits per heavy atom. The molecule has 1 amide bonds. The number of hydrogen-bond donors (Lipinski definition) is 8. The number of amides is 1. The lowest BCUT2D eigenvalue weighted by Gasteiger charge is -2.45. The maximum absolute atomic E-state index is 13.8. The molecule has 1 saturated heterocycles. The second-order valence-electron chi connectivity index (χ2n) is 19.1. The summed E-state index contributed by atoms with van der Waals surface area (Å²) < 4.78 is 13.7. The van der Waals surface area contributed by atoms with Crippen LogP contribution < -0.4 is 20.4 Å². The van der Waals surface area contributed by atoms with Crippen molar-refractivity contribution in [1.29, 1.82) is 0 Å². The van der Waals surface area contributed by atoms with E-state index >= 15 is 0 Å². The Bertz CT molecular complexity index is 2690. The van der Waals surface area contributed by atoms with Gasteiger partial charge in [-0.2, -0.15) is 0 Å². The summed E-state index contributed by atoms with van der Waals surface area (Å²) in [5, 5.41) is 80.1. The van der Waals surface area contributed by atoms with Crippen LogP contribution in [-0.2, 0) is 27.4 Å². The van der Waals surface area contributed by atoms with E-state index in [1.165, 1.54) is 36.4 Å². The molecule has 16 nitrogen and oxygen atoms in total. The van der Waals surface area contributed by atoms with Crippen LogP contribution in [0.15, 0.2) is 80.2 Å². The van der Waals surface area contributed by atoms with Crippen molar-refractivity contribution in [3.8, 4) is 17.2 Å². The van der Waals surface area contributed by atoms with Crippen LogP contribution in [0.25, 0.3) is 21.7 Å². The average molecular weight is 910 g/mol. The molecule has 16 heteroatoms. The molecule has 9 rings (SSSR count). The van der Waals surface area contributed by atoms with Gasteiger partial charge in [-0.3, -0.25) is 14.6 Å². The standard InChI is InChI=1S/C50H59N3O13/c1-4-37-33-13-17-51-36(33)24-53(37)42-44-29(19-35-39(57)18-27(2)64-45(35)42)20-41(48(3,65-44)16-12-30-23-52-47(61)49(30)14-6-5-7-15-49)66-63-26-50(62,46(60)43(59)40(58)25-54)22-28-8-11-38(56)32-10-9-31(55)21-34(28)32/h8-11,13,17-19,21,24,30,37,40-41,43,46,54-56,58-60,62H,4-7,12,14-16,20,22-23,25-26H2,1-3H3,(H,52,61)/t30-,37?,40-,41-,43-,46+,48-,50+/m1/s1. The van der Waals surface area contributed by atoms with Crippen molar-refractivity contribution in [2.24, 2.45) is 16.3 Å². The minimum atomic E-state index is -2.41. The Balaban J connectivity index is 1.10. The molecule has 3 aromatic carbocycles. The van der Waals surface area contributed by atoms with Gasteiger partial charge < -0.3 is 55.1 Å². The molecule has 1 spiro atoms. The van der Waals surface area contributed by atoms with E-state index in [2.05, 4.69) is 22.1 Å². The Morgan fingerprint density at radius 1 is 1.03 bits per heavy atom. The number of allylic oxidation sites excluding steroid dienone is 1. The number of carbonyl (C=O) groups is 1. The van der Waals surface area contributed by atoms with E-state index in [4.69, 9.17) is 18.9 Å². The summed E-state index contributed by atoms with van der Waals surface area (Å²) in [7, 11) is 0. The molecule has 1 saturated carbocycles. The molecule has 4 aliphatic heterocycles. The molecule has 5 heterocycles. The third kappa shape index (κ3) is 7.95. The highest BCUT2D eigenvalue weighted by Crippen LogP contribution is 2.52. The molecule has 2 fully saturated rings. The van der Waals surface area contributed by atoms with E-state index in [9.17, 15) is 45.3 Å². The summed E-state index contributed by atoms with van der Waals surface area (Å²) in [6, 6.07) is 10.2. The Morgan fingerprint density at radius 3 is 2.58 bits per heavy atom. The predicted octanol–water partition coefficient (Wildman–Crippen LogP) is 4.65. The maximum atomic E-state index is 13.8. The van der Waals surface area contributed by atoms with E-state index in [-0.39, 0.29) is 41.2 Å². The molecule has 352 valence electrons. The van der Waals surface area contributed by atoms with Crippen molar-refractivity contribution in [1.82, 2.24) is 5.32 Å². The molecular weight excluding hydrogens is 851 g/mol. The lowest BCUT2D eigenvalue weighted by Crippen LogP contribution is -2.58. The van der Waals surface area contributed by atoms with Crippen molar-refractivity contribution >= 4 is 39.6 Å². The number of nitrogens with one attached hydrogen (secondary N) is 1. The predicted molar refractivity (Wildman–Crippen MR) is 244 cm³/mol. The number of benzene rings is 3. The molecule has 0 radical (unpaired) electrons. The number of phenolic OH excluding ortho intramolecular Hbond substituents is 2. The number of aliphatic hydroxyl groups is 5. The first-order chi connectivity index (χ1) is 31.6. The van der Waals surface area contributed by atoms with Gasteiger partial charge in [0.15, 0.2) is 16.8 Å². The van der Waals surface area contributed by atoms with Crippen molar-refractivity contribution in [2.45, 2.75) is 127 Å². The van der Waals surface area contributed by atoms with Crippen LogP contribution >= 0.6 is 0 Å². The van der Waals surface area contributed by atoms with Crippen molar-refractivity contribution < 1.29 is 59.5 Å². The highest BCUT2D eigenvalue weighted by molar-refractivity contribution is 5.97. The zero-order valence-corrected chi connectivity index (χ0v) is 37.4. The van der Waals surface area contributed by atoms with Crippen LogP contribution in [0, 0.1) is 18.3 Å². The summed E-state index contributed by atoms with van der Waals surface area (Å²) in [6.07, 6.45) is 4.80. The van der Waals surface area contributed by atoms with Gasteiger partial charge in [-0.25, -0.2) is 9.78 Å². The number of rotatable bonds is 15. The number of hydrogen-bond acceptors (Lipinski definition) is 15. The monoisotopic (exact) mass is 909 g/mol. The minimum absolute atomic E-state index is 0.0154. The van der Waals surface area contributed by atoms with E-state index in [1.54, 1.807) is 19.2 Å². The van der Waals surface area contributed by atoms with E-state index in [0.29, 0.717) is 75.9 Å². The summed E-state index contributed by atoms with van der Waals surface area (Å²) in [4.78, 5) is 46.2. The van der Waals surface area contributed by atoms with Gasteiger partial charge in [0.2, 0.25) is 5.91 Å². The number of fused-ring (bicyclic) bond motifs is 4. The molecule has 8 atom stereocenters. The summed E-state index contributed by atoms with van der Waals surface area (Å²) in [6.45, 7) is 4.53. The van der Waals surface area contributed by atoms with E-state index < -0.39 is 60.7 Å². The number of aliphatic imine (C=N–C) groups is 1. The van der Waals surface area contributed by atoms with Gasteiger partial charge in [0.05, 0.1) is 29.1 Å². The van der Waals surface area contributed by atoms with Crippen LogP contribution in [0.4, 0.5) is 5.69 Å². The summed E-state index contributed by atoms with van der Waals surface area (Å²) in [5.41, 5.74) is -0.596. The first kappa shape index (κ1) is 45.8. The minimum Gasteiger partial charge on any atom is -0.508 e. The number of phenols is 2. The third-order valence-corrected chi connectivity index (χ3v) is 14.9. The average Bonchev–Trinajstić information content (AvgIpc) is 3.99. The molecule has 5 aliphatic rings. The van der Waals surface area contributed by atoms with Gasteiger partial charge in [-0.05, 0) is 99.2 Å². The second-order valence-corrected chi connectivity index (χ2v) is 19.1. The van der Waals surface area contributed by atoms with Crippen molar-refractivity contribution in [2.75, 3.05) is 24.7 Å². The largest absolute Gasteiger partial charge is 0.508 e. The highest BCUT2D eigenvalue weighted by Gasteiger charge is 2.53. The number of nitrogens with zero attached hydrogens (tertiary/aromatic N) is 2. The highest BCUT2D eigenvalue weighted by atomic mass is 17.2. The Hall–Kier alpha value is -5.33. The molecule has 1 unspecified atom stereocenters. The smallest absolute Gasteiger partial charge is 0.226 e. The molecule has 0 bridgehead atoms. The van der Waals surface area contributed by atoms with Gasteiger partial charge in [0.25, 0.3) is 0 Å². The topological polar surface area (TPSA) is 244 Å². The molecule has 1 aromatic heterocycles. The quantitative estimate of drug-likeness (QED) is 0.0598. The zero-order chi connectivity index (χ0) is 46.7. The second kappa shape index (κ2) is 17.7. The fraction of sp³-hybridized carbons (Fsp3) is 0.500. The van der Waals surface area contributed by atoms with Crippen molar-refractivity contribution in [3.05, 3.63) is 93.1 Å². The van der Waals surface area contributed by atoms with E-state index in [1.807, 2.05) is 19.2 Å². The van der Waals surface area contributed by atoms with Gasteiger partial charge >= 0.3 is 0 Å². The van der Waals surface area contributed by atoms with Crippen LogP contribution in [0.3, 0.4) is 0 Å². The molecule has 4 aromatic rings. The normalized spacial score (nSPS) is 25.5.